The van der Waals surface area contributed by atoms with Gasteiger partial charge in [-0.2, -0.15) is 0 Å². The molecular formula is C13H17NO4. The molecule has 1 fully saturated rings. The van der Waals surface area contributed by atoms with Gasteiger partial charge < -0.3 is 14.6 Å². The van der Waals surface area contributed by atoms with Gasteiger partial charge in [0.2, 0.25) is 0 Å². The fourth-order valence-corrected chi connectivity index (χ4v) is 1.95. The number of carbonyl (C=O) groups excluding carboxylic acids is 1. The fourth-order valence-electron chi connectivity index (χ4n) is 1.95. The van der Waals surface area contributed by atoms with Gasteiger partial charge in [-0.3, -0.25) is 9.69 Å². The topological polar surface area (TPSA) is 59.0 Å². The van der Waals surface area contributed by atoms with E-state index in [9.17, 15) is 4.79 Å². The second kappa shape index (κ2) is 6.49. The number of β-amino-alcohol motifs (C(OH)–C–C–N with tert-alkyl or cyclic N) is 1. The Morgan fingerprint density at radius 1 is 1.44 bits per heavy atom. The molecule has 5 heteroatoms. The molecule has 1 heterocycles. The molecule has 0 amide bonds. The zero-order valence-electron chi connectivity index (χ0n) is 10.1. The van der Waals surface area contributed by atoms with E-state index in [0.717, 1.165) is 12.0 Å². The van der Waals surface area contributed by atoms with Crippen molar-refractivity contribution >= 4 is 6.29 Å². The molecule has 0 aromatic heterocycles. The van der Waals surface area contributed by atoms with Crippen molar-refractivity contribution in [3.05, 3.63) is 30.3 Å². The molecule has 0 radical (unpaired) electrons. The molecule has 1 N–H and O–H groups in total. The quantitative estimate of drug-likeness (QED) is 0.736. The Morgan fingerprint density at radius 2 is 2.22 bits per heavy atom. The second-order valence-corrected chi connectivity index (χ2v) is 4.13. The molecule has 1 aliphatic rings. The van der Waals surface area contributed by atoms with Crippen LogP contribution in [0.3, 0.4) is 0 Å². The molecule has 5 nitrogen and oxygen atoms in total. The van der Waals surface area contributed by atoms with Crippen LogP contribution in [-0.2, 0) is 9.53 Å². The first-order valence-corrected chi connectivity index (χ1v) is 5.97. The van der Waals surface area contributed by atoms with Gasteiger partial charge in [0.15, 0.2) is 12.5 Å². The van der Waals surface area contributed by atoms with E-state index in [1.54, 1.807) is 4.90 Å². The summed E-state index contributed by atoms with van der Waals surface area (Å²) in [5.41, 5.74) is 0. The first-order chi connectivity index (χ1) is 8.83. The van der Waals surface area contributed by atoms with Crippen LogP contribution in [0.1, 0.15) is 0 Å². The smallest absolute Gasteiger partial charge is 0.167 e. The van der Waals surface area contributed by atoms with Gasteiger partial charge in [-0.05, 0) is 12.1 Å². The molecule has 2 atom stereocenters. The zero-order valence-corrected chi connectivity index (χ0v) is 10.1. The largest absolute Gasteiger partial charge is 0.491 e. The third-order valence-corrected chi connectivity index (χ3v) is 2.81. The maximum absolute atomic E-state index is 10.8. The Morgan fingerprint density at radius 3 is 2.89 bits per heavy atom. The lowest BCUT2D eigenvalue weighted by Gasteiger charge is -2.15. The van der Waals surface area contributed by atoms with E-state index >= 15 is 0 Å². The van der Waals surface area contributed by atoms with Gasteiger partial charge in [0.1, 0.15) is 18.5 Å². The number of aliphatic hydroxyl groups excluding tert-OH is 1. The Kier molecular flexibility index (Phi) is 4.69. The molecule has 1 aliphatic heterocycles. The number of ether oxygens (including phenoxy) is 2. The van der Waals surface area contributed by atoms with Crippen molar-refractivity contribution in [1.82, 2.24) is 4.90 Å². The average Bonchev–Trinajstić information content (AvgIpc) is 2.80. The molecule has 2 rings (SSSR count). The number of rotatable bonds is 6. The fraction of sp³-hybridized carbons (Fsp3) is 0.462. The lowest BCUT2D eigenvalue weighted by atomic mass is 10.3. The van der Waals surface area contributed by atoms with E-state index in [2.05, 4.69) is 0 Å². The normalized spacial score (nSPS) is 24.1. The maximum atomic E-state index is 10.8. The van der Waals surface area contributed by atoms with Gasteiger partial charge in [0.25, 0.3) is 0 Å². The van der Waals surface area contributed by atoms with Crippen LogP contribution in [-0.4, -0.2) is 54.9 Å². The number of para-hydroxylation sites is 1. The van der Waals surface area contributed by atoms with Crippen molar-refractivity contribution in [1.29, 1.82) is 0 Å². The Bertz CT molecular complexity index is 371. The van der Waals surface area contributed by atoms with Gasteiger partial charge in [0, 0.05) is 13.1 Å². The summed E-state index contributed by atoms with van der Waals surface area (Å²) in [5.74, 6) is 0.782. The van der Waals surface area contributed by atoms with Gasteiger partial charge in [0.05, 0.1) is 6.61 Å². The second-order valence-electron chi connectivity index (χ2n) is 4.13. The van der Waals surface area contributed by atoms with E-state index in [-0.39, 0.29) is 12.7 Å². The minimum atomic E-state index is -0.568. The molecule has 1 aromatic carbocycles. The van der Waals surface area contributed by atoms with E-state index < -0.39 is 6.23 Å². The first-order valence-electron chi connectivity index (χ1n) is 5.97. The molecule has 0 bridgehead atoms. The SMILES string of the molecule is O=CC1OC(COc2ccccc2)CN1CCO. The lowest BCUT2D eigenvalue weighted by Crippen LogP contribution is -2.34. The summed E-state index contributed by atoms with van der Waals surface area (Å²) in [6.45, 7) is 1.44. The van der Waals surface area contributed by atoms with Crippen LogP contribution in [0.15, 0.2) is 30.3 Å². The highest BCUT2D eigenvalue weighted by Gasteiger charge is 2.32. The number of hydrogen-bond donors (Lipinski definition) is 1. The number of nitrogens with zero attached hydrogens (tertiary/aromatic N) is 1. The molecule has 0 saturated carbocycles. The Labute approximate surface area is 106 Å². The van der Waals surface area contributed by atoms with E-state index in [1.165, 1.54) is 0 Å². The molecule has 0 spiro atoms. The predicted octanol–water partition coefficient (Wildman–Crippen LogP) is 0.284. The highest BCUT2D eigenvalue weighted by atomic mass is 16.6. The first kappa shape index (κ1) is 13.0. The van der Waals surface area contributed by atoms with Crippen molar-refractivity contribution in [3.63, 3.8) is 0 Å². The van der Waals surface area contributed by atoms with Crippen molar-refractivity contribution in [3.8, 4) is 5.75 Å². The van der Waals surface area contributed by atoms with E-state index in [1.807, 2.05) is 30.3 Å². The molecule has 18 heavy (non-hydrogen) atoms. The standard InChI is InChI=1S/C13H17NO4/c15-7-6-14-8-12(18-13(14)9-16)10-17-11-4-2-1-3-5-11/h1-5,9,12-13,15H,6-8,10H2. The van der Waals surface area contributed by atoms with Crippen molar-refractivity contribution < 1.29 is 19.4 Å². The van der Waals surface area contributed by atoms with Crippen LogP contribution in [0.2, 0.25) is 0 Å². The summed E-state index contributed by atoms with van der Waals surface area (Å²) in [7, 11) is 0. The summed E-state index contributed by atoms with van der Waals surface area (Å²) >= 11 is 0. The van der Waals surface area contributed by atoms with E-state index in [0.29, 0.717) is 19.7 Å². The van der Waals surface area contributed by atoms with Gasteiger partial charge >= 0.3 is 0 Å². The van der Waals surface area contributed by atoms with Gasteiger partial charge in [-0.1, -0.05) is 18.2 Å². The summed E-state index contributed by atoms with van der Waals surface area (Å²) in [5, 5.41) is 8.89. The minimum absolute atomic E-state index is 0.0139. The van der Waals surface area contributed by atoms with Crippen LogP contribution in [0.5, 0.6) is 5.75 Å². The van der Waals surface area contributed by atoms with Crippen molar-refractivity contribution in [2.24, 2.45) is 0 Å². The van der Waals surface area contributed by atoms with Crippen LogP contribution in [0.25, 0.3) is 0 Å². The number of carbonyl (C=O) groups is 1. The van der Waals surface area contributed by atoms with Crippen LogP contribution < -0.4 is 4.74 Å². The molecule has 1 aromatic rings. The van der Waals surface area contributed by atoms with Crippen molar-refractivity contribution in [2.75, 3.05) is 26.3 Å². The average molecular weight is 251 g/mol. The van der Waals surface area contributed by atoms with Crippen LogP contribution >= 0.6 is 0 Å². The third kappa shape index (κ3) is 3.29. The van der Waals surface area contributed by atoms with E-state index in [4.69, 9.17) is 14.6 Å². The van der Waals surface area contributed by atoms with Crippen LogP contribution in [0.4, 0.5) is 0 Å². The Hall–Kier alpha value is -1.43. The number of benzene rings is 1. The highest BCUT2D eigenvalue weighted by molar-refractivity contribution is 5.55. The minimum Gasteiger partial charge on any atom is -0.491 e. The van der Waals surface area contributed by atoms with Gasteiger partial charge in [-0.25, -0.2) is 0 Å². The lowest BCUT2D eigenvalue weighted by molar-refractivity contribution is -0.124. The molecule has 1 saturated heterocycles. The molecule has 2 unspecified atom stereocenters. The van der Waals surface area contributed by atoms with Crippen molar-refractivity contribution in [2.45, 2.75) is 12.3 Å². The zero-order chi connectivity index (χ0) is 12.8. The number of aliphatic hydroxyl groups is 1. The predicted molar refractivity (Wildman–Crippen MR) is 65.3 cm³/mol. The summed E-state index contributed by atoms with van der Waals surface area (Å²) in [6, 6.07) is 9.47. The number of aldehydes is 1. The highest BCUT2D eigenvalue weighted by Crippen LogP contribution is 2.16. The summed E-state index contributed by atoms with van der Waals surface area (Å²) in [4.78, 5) is 12.6. The molecule has 98 valence electrons. The maximum Gasteiger partial charge on any atom is 0.167 e. The Balaban J connectivity index is 1.82. The number of hydrogen-bond acceptors (Lipinski definition) is 5. The summed E-state index contributed by atoms with van der Waals surface area (Å²) < 4.78 is 11.1. The van der Waals surface area contributed by atoms with Gasteiger partial charge in [-0.15, -0.1) is 0 Å². The van der Waals surface area contributed by atoms with Crippen LogP contribution in [0, 0.1) is 0 Å². The molecule has 0 aliphatic carbocycles. The monoisotopic (exact) mass is 251 g/mol. The molecular weight excluding hydrogens is 234 g/mol. The third-order valence-electron chi connectivity index (χ3n) is 2.81. The summed E-state index contributed by atoms with van der Waals surface area (Å²) in [6.07, 6.45) is 0.0338.